The van der Waals surface area contributed by atoms with Gasteiger partial charge in [0.2, 0.25) is 0 Å². The van der Waals surface area contributed by atoms with E-state index in [-0.39, 0.29) is 17.9 Å². The molecule has 8 heteroatoms. The van der Waals surface area contributed by atoms with Crippen LogP contribution >= 0.6 is 0 Å². The monoisotopic (exact) mass is 296 g/mol. The number of hydrogen-bond acceptors (Lipinski definition) is 6. The Morgan fingerprint density at radius 3 is 2.57 bits per heavy atom. The number of nitrogens with one attached hydrogen (secondary N) is 1. The standard InChI is InChI=1S/C13H16N2O6/c1-2-8(13(16)17)7-14-9-5-11-12(21-4-3-20-11)6-10(9)15(18)19/h5-6,8,14H,2-4,7H2,1H3,(H,16,17). The molecule has 21 heavy (non-hydrogen) atoms. The van der Waals surface area contributed by atoms with Gasteiger partial charge in [-0.1, -0.05) is 6.92 Å². The fraction of sp³-hybridized carbons (Fsp3) is 0.462. The average molecular weight is 296 g/mol. The topological polar surface area (TPSA) is 111 Å². The third-order valence-corrected chi connectivity index (χ3v) is 3.24. The number of carboxylic acids is 1. The van der Waals surface area contributed by atoms with Crippen LogP contribution in [0.15, 0.2) is 12.1 Å². The van der Waals surface area contributed by atoms with Crippen molar-refractivity contribution < 1.29 is 24.3 Å². The zero-order valence-electron chi connectivity index (χ0n) is 11.5. The Morgan fingerprint density at radius 1 is 1.43 bits per heavy atom. The molecule has 1 unspecified atom stereocenters. The second-order valence-electron chi connectivity index (χ2n) is 4.59. The lowest BCUT2D eigenvalue weighted by molar-refractivity contribution is -0.384. The summed E-state index contributed by atoms with van der Waals surface area (Å²) in [5.41, 5.74) is 0.0587. The number of carbonyl (C=O) groups is 1. The third-order valence-electron chi connectivity index (χ3n) is 3.24. The molecule has 1 aliphatic heterocycles. The molecule has 1 aliphatic rings. The summed E-state index contributed by atoms with van der Waals surface area (Å²) < 4.78 is 10.7. The molecule has 0 saturated carbocycles. The minimum atomic E-state index is -0.940. The molecule has 0 amide bonds. The van der Waals surface area contributed by atoms with Crippen LogP contribution in [0.5, 0.6) is 11.5 Å². The summed E-state index contributed by atoms with van der Waals surface area (Å²) in [6, 6.07) is 2.76. The highest BCUT2D eigenvalue weighted by Crippen LogP contribution is 2.39. The molecule has 2 rings (SSSR count). The van der Waals surface area contributed by atoms with Gasteiger partial charge in [-0.3, -0.25) is 14.9 Å². The van der Waals surface area contributed by atoms with E-state index in [1.807, 2.05) is 0 Å². The highest BCUT2D eigenvalue weighted by atomic mass is 16.6. The Morgan fingerprint density at radius 2 is 2.05 bits per heavy atom. The minimum absolute atomic E-state index is 0.103. The van der Waals surface area contributed by atoms with E-state index < -0.39 is 16.8 Å². The third kappa shape index (κ3) is 3.33. The molecule has 114 valence electrons. The summed E-state index contributed by atoms with van der Waals surface area (Å²) in [5, 5.41) is 22.9. The molecule has 1 atom stereocenters. The second kappa shape index (κ2) is 6.29. The van der Waals surface area contributed by atoms with Crippen molar-refractivity contribution in [3.63, 3.8) is 0 Å². The van der Waals surface area contributed by atoms with Gasteiger partial charge in [0, 0.05) is 12.6 Å². The Labute approximate surface area is 120 Å². The van der Waals surface area contributed by atoms with Crippen LogP contribution in [0.2, 0.25) is 0 Å². The van der Waals surface area contributed by atoms with Gasteiger partial charge in [-0.2, -0.15) is 0 Å². The first-order chi connectivity index (χ1) is 10.0. The fourth-order valence-electron chi connectivity index (χ4n) is 2.01. The van der Waals surface area contributed by atoms with Crippen LogP contribution in [-0.2, 0) is 4.79 Å². The molecule has 1 aromatic carbocycles. The lowest BCUT2D eigenvalue weighted by Crippen LogP contribution is -2.22. The van der Waals surface area contributed by atoms with Gasteiger partial charge in [-0.05, 0) is 6.42 Å². The minimum Gasteiger partial charge on any atom is -0.486 e. The summed E-state index contributed by atoms with van der Waals surface area (Å²) >= 11 is 0. The molecule has 2 N–H and O–H groups in total. The van der Waals surface area contributed by atoms with Gasteiger partial charge >= 0.3 is 5.97 Å². The predicted octanol–water partition coefficient (Wildman–Crippen LogP) is 1.89. The van der Waals surface area contributed by atoms with E-state index in [0.29, 0.717) is 31.1 Å². The molecule has 0 fully saturated rings. The van der Waals surface area contributed by atoms with Crippen molar-refractivity contribution in [3.8, 4) is 11.5 Å². The largest absolute Gasteiger partial charge is 0.486 e. The van der Waals surface area contributed by atoms with Gasteiger partial charge in [-0.15, -0.1) is 0 Å². The molecule has 0 radical (unpaired) electrons. The molecular weight excluding hydrogens is 280 g/mol. The lowest BCUT2D eigenvalue weighted by Gasteiger charge is -2.20. The smallest absolute Gasteiger partial charge is 0.308 e. The van der Waals surface area contributed by atoms with E-state index in [1.165, 1.54) is 12.1 Å². The maximum atomic E-state index is 11.1. The van der Waals surface area contributed by atoms with Crippen molar-refractivity contribution >= 4 is 17.3 Å². The number of nitro groups is 1. The average Bonchev–Trinajstić information content (AvgIpc) is 2.46. The number of hydrogen-bond donors (Lipinski definition) is 2. The Hall–Kier alpha value is -2.51. The van der Waals surface area contributed by atoms with Crippen LogP contribution < -0.4 is 14.8 Å². The maximum Gasteiger partial charge on any atom is 0.308 e. The molecule has 1 aromatic rings. The van der Waals surface area contributed by atoms with Crippen LogP contribution in [0.3, 0.4) is 0 Å². The zero-order chi connectivity index (χ0) is 15.4. The molecule has 0 aromatic heterocycles. The van der Waals surface area contributed by atoms with E-state index >= 15 is 0 Å². The second-order valence-corrected chi connectivity index (χ2v) is 4.59. The van der Waals surface area contributed by atoms with Crippen LogP contribution in [0.4, 0.5) is 11.4 Å². The van der Waals surface area contributed by atoms with Gasteiger partial charge in [0.05, 0.1) is 16.9 Å². The first-order valence-corrected chi connectivity index (χ1v) is 6.57. The summed E-state index contributed by atoms with van der Waals surface area (Å²) in [7, 11) is 0. The van der Waals surface area contributed by atoms with Crippen LogP contribution in [0.1, 0.15) is 13.3 Å². The number of aliphatic carboxylic acids is 1. The number of fused-ring (bicyclic) bond motifs is 1. The van der Waals surface area contributed by atoms with E-state index in [0.717, 1.165) is 0 Å². The highest BCUT2D eigenvalue weighted by molar-refractivity contribution is 5.72. The quantitative estimate of drug-likeness (QED) is 0.609. The molecule has 0 aliphatic carbocycles. The summed E-state index contributed by atoms with van der Waals surface area (Å²) in [4.78, 5) is 21.6. The predicted molar refractivity (Wildman–Crippen MR) is 74.0 cm³/mol. The number of nitro benzene ring substituents is 1. The van der Waals surface area contributed by atoms with E-state index in [4.69, 9.17) is 14.6 Å². The summed E-state index contributed by atoms with van der Waals surface area (Å²) in [6.45, 7) is 2.57. The van der Waals surface area contributed by atoms with Gasteiger partial charge in [0.25, 0.3) is 5.69 Å². The van der Waals surface area contributed by atoms with Gasteiger partial charge < -0.3 is 19.9 Å². The summed E-state index contributed by atoms with van der Waals surface area (Å²) in [6.07, 6.45) is 0.431. The molecule has 0 bridgehead atoms. The van der Waals surface area contributed by atoms with Crippen molar-refractivity contribution in [1.82, 2.24) is 0 Å². The molecule has 0 spiro atoms. The molecular formula is C13H16N2O6. The fourth-order valence-corrected chi connectivity index (χ4v) is 2.01. The number of carboxylic acid groups (broad SMARTS) is 1. The number of anilines is 1. The summed E-state index contributed by atoms with van der Waals surface area (Å²) in [5.74, 6) is -0.815. The Bertz CT molecular complexity index is 560. The van der Waals surface area contributed by atoms with Crippen molar-refractivity contribution in [2.24, 2.45) is 5.92 Å². The Kier molecular flexibility index (Phi) is 4.46. The molecule has 8 nitrogen and oxygen atoms in total. The van der Waals surface area contributed by atoms with Crippen molar-refractivity contribution in [1.29, 1.82) is 0 Å². The Balaban J connectivity index is 2.24. The molecule has 0 saturated heterocycles. The van der Waals surface area contributed by atoms with E-state index in [2.05, 4.69) is 5.32 Å². The van der Waals surface area contributed by atoms with Crippen molar-refractivity contribution in [2.45, 2.75) is 13.3 Å². The van der Waals surface area contributed by atoms with E-state index in [1.54, 1.807) is 6.92 Å². The van der Waals surface area contributed by atoms with Gasteiger partial charge in [0.1, 0.15) is 18.9 Å². The van der Waals surface area contributed by atoms with Gasteiger partial charge in [0.15, 0.2) is 11.5 Å². The number of rotatable bonds is 6. The van der Waals surface area contributed by atoms with E-state index in [9.17, 15) is 14.9 Å². The van der Waals surface area contributed by atoms with Crippen LogP contribution in [0.25, 0.3) is 0 Å². The van der Waals surface area contributed by atoms with Gasteiger partial charge in [-0.25, -0.2) is 0 Å². The van der Waals surface area contributed by atoms with Crippen LogP contribution in [-0.4, -0.2) is 35.8 Å². The SMILES string of the molecule is CCC(CNc1cc2c(cc1[N+](=O)[O-])OCCO2)C(=O)O. The molecule has 1 heterocycles. The first-order valence-electron chi connectivity index (χ1n) is 6.57. The normalized spacial score (nSPS) is 14.3. The first kappa shape index (κ1) is 14.9. The van der Waals surface area contributed by atoms with Crippen molar-refractivity contribution in [3.05, 3.63) is 22.2 Å². The number of nitrogens with zero attached hydrogens (tertiary/aromatic N) is 1. The van der Waals surface area contributed by atoms with Crippen LogP contribution in [0, 0.1) is 16.0 Å². The number of benzene rings is 1. The lowest BCUT2D eigenvalue weighted by atomic mass is 10.1. The number of ether oxygens (including phenoxy) is 2. The zero-order valence-corrected chi connectivity index (χ0v) is 11.5. The highest BCUT2D eigenvalue weighted by Gasteiger charge is 2.23. The van der Waals surface area contributed by atoms with Crippen molar-refractivity contribution in [2.75, 3.05) is 25.1 Å². The maximum absolute atomic E-state index is 11.1.